The molecule has 0 radical (unpaired) electrons. The monoisotopic (exact) mass is 387 g/mol. The van der Waals surface area contributed by atoms with Crippen LogP contribution >= 0.6 is 0 Å². The van der Waals surface area contributed by atoms with E-state index in [1.165, 1.54) is 0 Å². The van der Waals surface area contributed by atoms with Crippen LogP contribution in [-0.4, -0.2) is 23.2 Å². The summed E-state index contributed by atoms with van der Waals surface area (Å²) in [5.74, 6) is 0.867. The molecule has 0 unspecified atom stereocenters. The topological polar surface area (TPSA) is 46.5 Å². The van der Waals surface area contributed by atoms with Crippen LogP contribution < -0.4 is 10.9 Å². The van der Waals surface area contributed by atoms with Crippen molar-refractivity contribution in [1.29, 1.82) is 0 Å². The number of ether oxygens (including phenoxy) is 1. The van der Waals surface area contributed by atoms with Gasteiger partial charge in [0.2, 0.25) is 0 Å². The molecule has 2 heterocycles. The van der Waals surface area contributed by atoms with Gasteiger partial charge < -0.3 is 19.5 Å². The Labute approximate surface area is 170 Å². The Morgan fingerprint density at radius 1 is 1.00 bits per heavy atom. The predicted octanol–water partition coefficient (Wildman–Crippen LogP) is 4.12. The van der Waals surface area contributed by atoms with Crippen LogP contribution in [0, 0.1) is 0 Å². The number of benzene rings is 2. The fourth-order valence-electron chi connectivity index (χ4n) is 3.60. The molecule has 4 rings (SSSR count). The van der Waals surface area contributed by atoms with Crippen LogP contribution in [0.2, 0.25) is 0 Å². The molecular weight excluding hydrogens is 362 g/mol. The zero-order chi connectivity index (χ0) is 20.2. The molecule has 0 amide bonds. The molecule has 0 spiro atoms. The van der Waals surface area contributed by atoms with E-state index in [0.717, 1.165) is 28.1 Å². The molecule has 0 saturated heterocycles. The Bertz CT molecular complexity index is 1070. The standard InChI is InChI=1S/C24H25N3O2/c1-18-23(26(2)17-29-18)21-13-22(25-14-19-9-5-3-6-10-19)24(28)27(16-21)15-20-11-7-4-8-12-20/h3-13,16,25H,14-15,17H2,1-2H3. The van der Waals surface area contributed by atoms with Crippen molar-refractivity contribution in [3.8, 4) is 0 Å². The SMILES string of the molecule is CC1=C(c2cc(NCc3ccccc3)c(=O)n(Cc3ccccc3)c2)N(C)CO1. The summed E-state index contributed by atoms with van der Waals surface area (Å²) in [4.78, 5) is 15.2. The molecule has 0 fully saturated rings. The third-order valence-corrected chi connectivity index (χ3v) is 5.07. The number of pyridine rings is 1. The number of rotatable bonds is 6. The predicted molar refractivity (Wildman–Crippen MR) is 116 cm³/mol. The maximum atomic E-state index is 13.2. The van der Waals surface area contributed by atoms with Crippen LogP contribution in [-0.2, 0) is 17.8 Å². The van der Waals surface area contributed by atoms with Gasteiger partial charge in [-0.05, 0) is 24.1 Å². The Kier molecular flexibility index (Phi) is 5.38. The number of nitrogens with zero attached hydrogens (tertiary/aromatic N) is 2. The van der Waals surface area contributed by atoms with Gasteiger partial charge in [0, 0.05) is 25.4 Å². The molecule has 3 aromatic rings. The van der Waals surface area contributed by atoms with Crippen LogP contribution in [0.1, 0.15) is 23.6 Å². The minimum absolute atomic E-state index is 0.0339. The minimum Gasteiger partial charge on any atom is -0.476 e. The average Bonchev–Trinajstić information content (AvgIpc) is 3.08. The number of aromatic nitrogens is 1. The van der Waals surface area contributed by atoms with Gasteiger partial charge >= 0.3 is 0 Å². The molecule has 1 aliphatic heterocycles. The van der Waals surface area contributed by atoms with Crippen molar-refractivity contribution in [1.82, 2.24) is 9.47 Å². The van der Waals surface area contributed by atoms with Gasteiger partial charge in [-0.25, -0.2) is 0 Å². The lowest BCUT2D eigenvalue weighted by atomic mass is 10.1. The Hall–Kier alpha value is -3.47. The van der Waals surface area contributed by atoms with Crippen molar-refractivity contribution < 1.29 is 4.74 Å². The largest absolute Gasteiger partial charge is 0.476 e. The summed E-state index contributed by atoms with van der Waals surface area (Å²) in [5.41, 5.74) is 4.74. The Morgan fingerprint density at radius 2 is 1.66 bits per heavy atom. The van der Waals surface area contributed by atoms with Gasteiger partial charge in [-0.1, -0.05) is 60.7 Å². The maximum Gasteiger partial charge on any atom is 0.274 e. The molecule has 5 nitrogen and oxygen atoms in total. The van der Waals surface area contributed by atoms with E-state index in [4.69, 9.17) is 4.74 Å². The average molecular weight is 387 g/mol. The second-order valence-corrected chi connectivity index (χ2v) is 7.28. The van der Waals surface area contributed by atoms with Crippen LogP contribution in [0.3, 0.4) is 0 Å². The lowest BCUT2D eigenvalue weighted by Crippen LogP contribution is -2.25. The van der Waals surface area contributed by atoms with Crippen molar-refractivity contribution in [3.63, 3.8) is 0 Å². The first-order chi connectivity index (χ1) is 14.1. The molecule has 0 atom stereocenters. The third kappa shape index (κ3) is 4.19. The van der Waals surface area contributed by atoms with E-state index in [2.05, 4.69) is 10.2 Å². The van der Waals surface area contributed by atoms with E-state index in [9.17, 15) is 4.79 Å². The summed E-state index contributed by atoms with van der Waals surface area (Å²) < 4.78 is 7.46. The zero-order valence-corrected chi connectivity index (χ0v) is 16.8. The summed E-state index contributed by atoms with van der Waals surface area (Å²) in [6.45, 7) is 3.59. The molecule has 0 bridgehead atoms. The highest BCUT2D eigenvalue weighted by atomic mass is 16.5. The van der Waals surface area contributed by atoms with Crippen molar-refractivity contribution in [3.05, 3.63) is 106 Å². The summed E-state index contributed by atoms with van der Waals surface area (Å²) in [6, 6.07) is 22.0. The van der Waals surface area contributed by atoms with Gasteiger partial charge in [0.15, 0.2) is 6.73 Å². The smallest absolute Gasteiger partial charge is 0.274 e. The van der Waals surface area contributed by atoms with Crippen LogP contribution in [0.15, 0.2) is 83.5 Å². The summed E-state index contributed by atoms with van der Waals surface area (Å²) >= 11 is 0. The van der Waals surface area contributed by atoms with Crippen LogP contribution in [0.5, 0.6) is 0 Å². The molecule has 2 aromatic carbocycles. The number of hydrogen-bond acceptors (Lipinski definition) is 4. The van der Waals surface area contributed by atoms with Crippen molar-refractivity contribution >= 4 is 11.4 Å². The maximum absolute atomic E-state index is 13.2. The van der Waals surface area contributed by atoms with Gasteiger partial charge in [0.05, 0.1) is 12.2 Å². The molecule has 1 aliphatic rings. The Morgan fingerprint density at radius 3 is 2.28 bits per heavy atom. The fraction of sp³-hybridized carbons (Fsp3) is 0.208. The van der Waals surface area contributed by atoms with E-state index in [-0.39, 0.29) is 5.56 Å². The number of allylic oxidation sites excluding steroid dienone is 1. The van der Waals surface area contributed by atoms with Gasteiger partial charge in [-0.15, -0.1) is 0 Å². The highest BCUT2D eigenvalue weighted by molar-refractivity contribution is 5.69. The summed E-state index contributed by atoms with van der Waals surface area (Å²) in [6.07, 6.45) is 1.92. The van der Waals surface area contributed by atoms with E-state index in [1.807, 2.05) is 86.9 Å². The first-order valence-corrected chi connectivity index (χ1v) is 9.73. The second-order valence-electron chi connectivity index (χ2n) is 7.28. The quantitative estimate of drug-likeness (QED) is 0.691. The van der Waals surface area contributed by atoms with Crippen LogP contribution in [0.25, 0.3) is 5.70 Å². The fourth-order valence-corrected chi connectivity index (χ4v) is 3.60. The normalized spacial score (nSPS) is 13.5. The van der Waals surface area contributed by atoms with E-state index < -0.39 is 0 Å². The molecule has 1 aromatic heterocycles. The van der Waals surface area contributed by atoms with Crippen molar-refractivity contribution in [2.45, 2.75) is 20.0 Å². The zero-order valence-electron chi connectivity index (χ0n) is 16.8. The first kappa shape index (κ1) is 18.9. The molecule has 5 heteroatoms. The molecule has 148 valence electrons. The van der Waals surface area contributed by atoms with Gasteiger partial charge in [-0.2, -0.15) is 0 Å². The summed E-state index contributed by atoms with van der Waals surface area (Å²) in [7, 11) is 2.00. The number of nitrogens with one attached hydrogen (secondary N) is 1. The molecular formula is C24H25N3O2. The number of anilines is 1. The highest BCUT2D eigenvalue weighted by Crippen LogP contribution is 2.28. The van der Waals surface area contributed by atoms with E-state index in [0.29, 0.717) is 25.5 Å². The molecule has 29 heavy (non-hydrogen) atoms. The first-order valence-electron chi connectivity index (χ1n) is 9.73. The van der Waals surface area contributed by atoms with Gasteiger partial charge in [0.1, 0.15) is 11.4 Å². The van der Waals surface area contributed by atoms with Gasteiger partial charge in [0.25, 0.3) is 5.56 Å². The molecule has 1 N–H and O–H groups in total. The molecule has 0 aliphatic carbocycles. The van der Waals surface area contributed by atoms with E-state index in [1.54, 1.807) is 4.57 Å². The van der Waals surface area contributed by atoms with Crippen molar-refractivity contribution in [2.75, 3.05) is 19.1 Å². The highest BCUT2D eigenvalue weighted by Gasteiger charge is 2.21. The number of hydrogen-bond donors (Lipinski definition) is 1. The molecule has 0 saturated carbocycles. The van der Waals surface area contributed by atoms with E-state index >= 15 is 0 Å². The summed E-state index contributed by atoms with van der Waals surface area (Å²) in [5, 5.41) is 3.33. The minimum atomic E-state index is -0.0339. The lowest BCUT2D eigenvalue weighted by molar-refractivity contribution is 0.172. The van der Waals surface area contributed by atoms with Crippen LogP contribution in [0.4, 0.5) is 5.69 Å². The third-order valence-electron chi connectivity index (χ3n) is 5.07. The second kappa shape index (κ2) is 8.27. The Balaban J connectivity index is 1.72. The van der Waals surface area contributed by atoms with Gasteiger partial charge in [-0.3, -0.25) is 4.79 Å². The lowest BCUT2D eigenvalue weighted by Gasteiger charge is -2.18. The van der Waals surface area contributed by atoms with Crippen molar-refractivity contribution in [2.24, 2.45) is 0 Å².